The van der Waals surface area contributed by atoms with Crippen molar-refractivity contribution in [2.24, 2.45) is 0 Å². The van der Waals surface area contributed by atoms with Gasteiger partial charge < -0.3 is 14.8 Å². The van der Waals surface area contributed by atoms with E-state index in [0.29, 0.717) is 24.9 Å². The van der Waals surface area contributed by atoms with Gasteiger partial charge in [0, 0.05) is 0 Å². The van der Waals surface area contributed by atoms with Crippen LogP contribution in [0.2, 0.25) is 5.28 Å². The summed E-state index contributed by atoms with van der Waals surface area (Å²) in [7, 11) is 0. The summed E-state index contributed by atoms with van der Waals surface area (Å²) in [6.07, 6.45) is 0. The summed E-state index contributed by atoms with van der Waals surface area (Å²) < 4.78 is 10.7. The van der Waals surface area contributed by atoms with Gasteiger partial charge in [0.25, 0.3) is 0 Å². The standard InChI is InChI=1S/C13H15ClN4O2/c1-3-19-10-8-6-5-7-9(10)15-12-16-11(14)17-13(18-12)20-4-2/h5-8H,3-4H2,1-2H3,(H,15,16,17,18). The molecule has 0 fully saturated rings. The van der Waals surface area contributed by atoms with Crippen molar-refractivity contribution in [2.75, 3.05) is 18.5 Å². The Bertz CT molecular complexity index is 580. The minimum absolute atomic E-state index is 0.0693. The Morgan fingerprint density at radius 2 is 1.80 bits per heavy atom. The lowest BCUT2D eigenvalue weighted by molar-refractivity contribution is 0.312. The number of halogens is 1. The maximum atomic E-state index is 5.84. The lowest BCUT2D eigenvalue weighted by Crippen LogP contribution is -2.05. The maximum Gasteiger partial charge on any atom is 0.322 e. The van der Waals surface area contributed by atoms with Crippen LogP contribution in [0.25, 0.3) is 0 Å². The molecule has 1 aromatic carbocycles. The molecule has 0 amide bonds. The molecule has 0 atom stereocenters. The van der Waals surface area contributed by atoms with Gasteiger partial charge in [0.15, 0.2) is 0 Å². The van der Waals surface area contributed by atoms with Crippen molar-refractivity contribution < 1.29 is 9.47 Å². The zero-order valence-electron chi connectivity index (χ0n) is 11.3. The summed E-state index contributed by atoms with van der Waals surface area (Å²) in [4.78, 5) is 12.0. The third-order valence-electron chi connectivity index (χ3n) is 2.29. The van der Waals surface area contributed by atoms with Crippen molar-refractivity contribution in [2.45, 2.75) is 13.8 Å². The van der Waals surface area contributed by atoms with Crippen molar-refractivity contribution in [3.63, 3.8) is 0 Å². The number of benzene rings is 1. The van der Waals surface area contributed by atoms with Crippen molar-refractivity contribution in [1.82, 2.24) is 15.0 Å². The second-order valence-corrected chi connectivity index (χ2v) is 4.04. The van der Waals surface area contributed by atoms with E-state index in [-0.39, 0.29) is 11.3 Å². The highest BCUT2D eigenvalue weighted by Crippen LogP contribution is 2.26. The minimum atomic E-state index is 0.0693. The van der Waals surface area contributed by atoms with Crippen LogP contribution in [0.3, 0.4) is 0 Å². The van der Waals surface area contributed by atoms with E-state index in [0.717, 1.165) is 5.69 Å². The van der Waals surface area contributed by atoms with E-state index in [1.54, 1.807) is 0 Å². The molecule has 0 aliphatic rings. The topological polar surface area (TPSA) is 69.2 Å². The first kappa shape index (κ1) is 14.3. The molecule has 6 nitrogen and oxygen atoms in total. The van der Waals surface area contributed by atoms with Crippen LogP contribution in [0.4, 0.5) is 11.6 Å². The maximum absolute atomic E-state index is 5.84. The van der Waals surface area contributed by atoms with Crippen molar-refractivity contribution in [3.05, 3.63) is 29.5 Å². The molecule has 1 N–H and O–H groups in total. The molecule has 1 heterocycles. The van der Waals surface area contributed by atoms with Crippen LogP contribution in [0.15, 0.2) is 24.3 Å². The molecular weight excluding hydrogens is 280 g/mol. The molecule has 0 saturated heterocycles. The normalized spacial score (nSPS) is 10.2. The van der Waals surface area contributed by atoms with Crippen molar-refractivity contribution in [1.29, 1.82) is 0 Å². The van der Waals surface area contributed by atoms with E-state index in [9.17, 15) is 0 Å². The van der Waals surface area contributed by atoms with Gasteiger partial charge in [-0.3, -0.25) is 0 Å². The quantitative estimate of drug-likeness (QED) is 0.883. The van der Waals surface area contributed by atoms with E-state index >= 15 is 0 Å². The summed E-state index contributed by atoms with van der Waals surface area (Å²) in [5.74, 6) is 1.02. The summed E-state index contributed by atoms with van der Waals surface area (Å²) in [5, 5.41) is 3.11. The summed E-state index contributed by atoms with van der Waals surface area (Å²) >= 11 is 5.84. The molecule has 106 valence electrons. The van der Waals surface area contributed by atoms with E-state index in [2.05, 4.69) is 20.3 Å². The first-order valence-corrected chi connectivity index (χ1v) is 6.64. The fourth-order valence-electron chi connectivity index (χ4n) is 1.55. The zero-order valence-corrected chi connectivity index (χ0v) is 12.0. The highest BCUT2D eigenvalue weighted by molar-refractivity contribution is 6.28. The molecule has 20 heavy (non-hydrogen) atoms. The van der Waals surface area contributed by atoms with E-state index < -0.39 is 0 Å². The number of para-hydroxylation sites is 2. The number of hydrogen-bond donors (Lipinski definition) is 1. The van der Waals surface area contributed by atoms with Crippen LogP contribution in [0.1, 0.15) is 13.8 Å². The van der Waals surface area contributed by atoms with Gasteiger partial charge in [0.2, 0.25) is 11.2 Å². The summed E-state index contributed by atoms with van der Waals surface area (Å²) in [6, 6.07) is 7.68. The predicted octanol–water partition coefficient (Wildman–Crippen LogP) is 3.07. The smallest absolute Gasteiger partial charge is 0.322 e. The van der Waals surface area contributed by atoms with Gasteiger partial charge in [-0.25, -0.2) is 0 Å². The Morgan fingerprint density at radius 3 is 2.55 bits per heavy atom. The van der Waals surface area contributed by atoms with Gasteiger partial charge in [-0.05, 0) is 37.6 Å². The van der Waals surface area contributed by atoms with Crippen molar-refractivity contribution in [3.8, 4) is 11.8 Å². The molecular formula is C13H15ClN4O2. The Labute approximate surface area is 122 Å². The van der Waals surface area contributed by atoms with Gasteiger partial charge >= 0.3 is 6.01 Å². The van der Waals surface area contributed by atoms with Gasteiger partial charge in [0.1, 0.15) is 5.75 Å². The molecule has 0 radical (unpaired) electrons. The van der Waals surface area contributed by atoms with Gasteiger partial charge in [-0.1, -0.05) is 12.1 Å². The Hall–Kier alpha value is -2.08. The van der Waals surface area contributed by atoms with Crippen LogP contribution in [0, 0.1) is 0 Å². The van der Waals surface area contributed by atoms with Crippen LogP contribution in [-0.2, 0) is 0 Å². The summed E-state index contributed by atoms with van der Waals surface area (Å²) in [5.41, 5.74) is 0.749. The molecule has 1 aromatic heterocycles. The number of hydrogen-bond acceptors (Lipinski definition) is 6. The molecule has 0 aliphatic heterocycles. The lowest BCUT2D eigenvalue weighted by atomic mass is 10.3. The fourth-order valence-corrected chi connectivity index (χ4v) is 1.71. The number of nitrogens with zero attached hydrogens (tertiary/aromatic N) is 3. The first-order valence-electron chi connectivity index (χ1n) is 6.26. The molecule has 7 heteroatoms. The fraction of sp³-hybridized carbons (Fsp3) is 0.308. The van der Waals surface area contributed by atoms with E-state index in [4.69, 9.17) is 21.1 Å². The molecule has 0 spiro atoms. The Balaban J connectivity index is 2.25. The van der Waals surface area contributed by atoms with Crippen molar-refractivity contribution >= 4 is 23.2 Å². The number of aromatic nitrogens is 3. The lowest BCUT2D eigenvalue weighted by Gasteiger charge is -2.11. The summed E-state index contributed by atoms with van der Waals surface area (Å²) in [6.45, 7) is 4.79. The molecule has 0 aliphatic carbocycles. The van der Waals surface area contributed by atoms with Gasteiger partial charge in [-0.2, -0.15) is 15.0 Å². The van der Waals surface area contributed by atoms with Gasteiger partial charge in [0.05, 0.1) is 18.9 Å². The highest BCUT2D eigenvalue weighted by Gasteiger charge is 2.08. The second-order valence-electron chi connectivity index (χ2n) is 3.70. The molecule has 2 rings (SSSR count). The van der Waals surface area contributed by atoms with Gasteiger partial charge in [-0.15, -0.1) is 0 Å². The molecule has 0 unspecified atom stereocenters. The SMILES string of the molecule is CCOc1nc(Cl)nc(Nc2ccccc2OCC)n1. The number of nitrogens with one attached hydrogen (secondary N) is 1. The average Bonchev–Trinajstić information content (AvgIpc) is 2.41. The third-order valence-corrected chi connectivity index (χ3v) is 2.46. The third kappa shape index (κ3) is 3.71. The Morgan fingerprint density at radius 1 is 1.05 bits per heavy atom. The predicted molar refractivity (Wildman–Crippen MR) is 76.9 cm³/mol. The second kappa shape index (κ2) is 6.91. The number of anilines is 2. The van der Waals surface area contributed by atoms with E-state index in [1.807, 2.05) is 38.1 Å². The van der Waals surface area contributed by atoms with Crippen LogP contribution in [-0.4, -0.2) is 28.2 Å². The Kier molecular flexibility index (Phi) is 4.95. The highest BCUT2D eigenvalue weighted by atomic mass is 35.5. The van der Waals surface area contributed by atoms with Crippen LogP contribution in [0.5, 0.6) is 11.8 Å². The first-order chi connectivity index (χ1) is 9.72. The van der Waals surface area contributed by atoms with Crippen LogP contribution < -0.4 is 14.8 Å². The minimum Gasteiger partial charge on any atom is -0.492 e. The van der Waals surface area contributed by atoms with Crippen LogP contribution >= 0.6 is 11.6 Å². The molecule has 2 aromatic rings. The zero-order chi connectivity index (χ0) is 14.4. The monoisotopic (exact) mass is 294 g/mol. The molecule has 0 bridgehead atoms. The van der Waals surface area contributed by atoms with E-state index in [1.165, 1.54) is 0 Å². The molecule has 0 saturated carbocycles. The average molecular weight is 295 g/mol. The number of ether oxygens (including phenoxy) is 2. The largest absolute Gasteiger partial charge is 0.492 e. The number of rotatable bonds is 6.